The lowest BCUT2D eigenvalue weighted by Gasteiger charge is -2.35. The highest BCUT2D eigenvalue weighted by atomic mass is 32.2. The smallest absolute Gasteiger partial charge is 0.162 e. The molecule has 3 aliphatic rings. The number of aromatic nitrogens is 4. The average Bonchev–Trinajstić information content (AvgIpc) is 3.39. The summed E-state index contributed by atoms with van der Waals surface area (Å²) in [5.74, 6) is 2.17. The molecule has 3 fully saturated rings. The van der Waals surface area contributed by atoms with Crippen LogP contribution in [0.25, 0.3) is 22.4 Å². The molecule has 3 atom stereocenters. The standard InChI is InChI=1S/C24H30N6O2S/c1-16-15-32-12-11-30(16)21-14-20(24(2)8-3-13-33(24,31)29-17-4-5-17)27-23(28-21)19-7-10-26-22-18(19)6-9-25-22/h6-7,9-10,14,16-17H,3-5,8,11-13,15H2,1-2H3,(H,25,26)/t16-,24?,33?/m1/s1. The first kappa shape index (κ1) is 21.0. The maximum Gasteiger partial charge on any atom is 0.162 e. The first-order chi connectivity index (χ1) is 16.0. The fourth-order valence-electron chi connectivity index (χ4n) is 5.07. The number of hydrogen-bond donors (Lipinski definition) is 1. The fraction of sp³-hybridized carbons (Fsp3) is 0.542. The van der Waals surface area contributed by atoms with Crippen molar-refractivity contribution in [3.05, 3.63) is 36.3 Å². The maximum atomic E-state index is 14.2. The van der Waals surface area contributed by atoms with Crippen molar-refractivity contribution in [1.29, 1.82) is 0 Å². The van der Waals surface area contributed by atoms with Gasteiger partial charge in [-0.3, -0.25) is 0 Å². The Morgan fingerprint density at radius 3 is 3.00 bits per heavy atom. The van der Waals surface area contributed by atoms with Gasteiger partial charge < -0.3 is 14.6 Å². The molecule has 0 spiro atoms. The van der Waals surface area contributed by atoms with Gasteiger partial charge in [0.2, 0.25) is 0 Å². The lowest BCUT2D eigenvalue weighted by atomic mass is 10.0. The molecule has 0 radical (unpaired) electrons. The van der Waals surface area contributed by atoms with Crippen LogP contribution < -0.4 is 4.90 Å². The molecule has 3 aromatic heterocycles. The Kier molecular flexibility index (Phi) is 4.95. The molecule has 33 heavy (non-hydrogen) atoms. The lowest BCUT2D eigenvalue weighted by Crippen LogP contribution is -2.44. The predicted octanol–water partition coefficient (Wildman–Crippen LogP) is 3.88. The van der Waals surface area contributed by atoms with E-state index in [0.29, 0.717) is 24.8 Å². The van der Waals surface area contributed by atoms with Gasteiger partial charge in [0.15, 0.2) is 5.82 Å². The van der Waals surface area contributed by atoms with Gasteiger partial charge in [-0.15, -0.1) is 0 Å². The summed E-state index contributed by atoms with van der Waals surface area (Å²) in [4.78, 5) is 20.0. The Balaban J connectivity index is 1.55. The average molecular weight is 467 g/mol. The molecule has 0 amide bonds. The third-order valence-electron chi connectivity index (χ3n) is 7.26. The normalized spacial score (nSPS) is 30.1. The van der Waals surface area contributed by atoms with Gasteiger partial charge in [-0.2, -0.15) is 0 Å². The minimum Gasteiger partial charge on any atom is -0.377 e. The minimum atomic E-state index is -2.40. The Bertz CT molecular complexity index is 1330. The molecular weight excluding hydrogens is 436 g/mol. The quantitative estimate of drug-likeness (QED) is 0.627. The van der Waals surface area contributed by atoms with E-state index in [-0.39, 0.29) is 12.1 Å². The molecule has 1 saturated carbocycles. The van der Waals surface area contributed by atoms with E-state index in [1.54, 1.807) is 6.20 Å². The van der Waals surface area contributed by atoms with Crippen molar-refractivity contribution in [2.24, 2.45) is 4.36 Å². The van der Waals surface area contributed by atoms with Gasteiger partial charge in [-0.05, 0) is 51.7 Å². The third kappa shape index (κ3) is 3.52. The number of ether oxygens (including phenoxy) is 1. The van der Waals surface area contributed by atoms with E-state index in [1.807, 2.05) is 18.3 Å². The molecule has 8 nitrogen and oxygen atoms in total. The largest absolute Gasteiger partial charge is 0.377 e. The summed E-state index contributed by atoms with van der Waals surface area (Å²) in [5.41, 5.74) is 2.58. The number of nitrogens with zero attached hydrogens (tertiary/aromatic N) is 5. The second-order valence-electron chi connectivity index (χ2n) is 9.67. The van der Waals surface area contributed by atoms with Crippen LogP contribution in [0.15, 0.2) is 35.0 Å². The van der Waals surface area contributed by atoms with Crippen LogP contribution in [0, 0.1) is 0 Å². The van der Waals surface area contributed by atoms with E-state index < -0.39 is 14.5 Å². The molecule has 3 aromatic rings. The Hall–Kier alpha value is -2.52. The number of nitrogens with one attached hydrogen (secondary N) is 1. The van der Waals surface area contributed by atoms with Crippen LogP contribution in [0.2, 0.25) is 0 Å². The Labute approximate surface area is 194 Å². The van der Waals surface area contributed by atoms with E-state index in [1.165, 1.54) is 0 Å². The van der Waals surface area contributed by atoms with E-state index in [0.717, 1.165) is 60.3 Å². The van der Waals surface area contributed by atoms with Crippen LogP contribution in [-0.2, 0) is 19.2 Å². The number of anilines is 1. The second-order valence-corrected chi connectivity index (χ2v) is 12.5. The molecule has 1 N–H and O–H groups in total. The molecule has 0 aromatic carbocycles. The number of morpholine rings is 1. The fourth-order valence-corrected chi connectivity index (χ4v) is 7.98. The Morgan fingerprint density at radius 2 is 2.18 bits per heavy atom. The van der Waals surface area contributed by atoms with E-state index in [4.69, 9.17) is 19.1 Å². The van der Waals surface area contributed by atoms with Crippen molar-refractivity contribution >= 4 is 26.6 Å². The highest BCUT2D eigenvalue weighted by Crippen LogP contribution is 2.45. The summed E-state index contributed by atoms with van der Waals surface area (Å²) in [5, 5.41) is 0.982. The summed E-state index contributed by atoms with van der Waals surface area (Å²) < 4.78 is 24.1. The zero-order chi connectivity index (χ0) is 22.6. The summed E-state index contributed by atoms with van der Waals surface area (Å²) in [6.45, 7) is 6.36. The lowest BCUT2D eigenvalue weighted by molar-refractivity contribution is 0.0985. The van der Waals surface area contributed by atoms with Crippen molar-refractivity contribution in [2.75, 3.05) is 30.4 Å². The summed E-state index contributed by atoms with van der Waals surface area (Å²) in [7, 11) is -2.40. The van der Waals surface area contributed by atoms with Crippen LogP contribution >= 0.6 is 0 Å². The van der Waals surface area contributed by atoms with Crippen LogP contribution in [0.4, 0.5) is 5.82 Å². The molecule has 1 aliphatic carbocycles. The number of aromatic amines is 1. The van der Waals surface area contributed by atoms with Crippen molar-refractivity contribution in [1.82, 2.24) is 19.9 Å². The van der Waals surface area contributed by atoms with Crippen LogP contribution in [0.3, 0.4) is 0 Å². The first-order valence-corrected chi connectivity index (χ1v) is 13.6. The van der Waals surface area contributed by atoms with Gasteiger partial charge >= 0.3 is 0 Å². The van der Waals surface area contributed by atoms with E-state index in [2.05, 4.69) is 34.8 Å². The van der Waals surface area contributed by atoms with Crippen LogP contribution in [0.5, 0.6) is 0 Å². The zero-order valence-electron chi connectivity index (χ0n) is 19.2. The van der Waals surface area contributed by atoms with E-state index >= 15 is 0 Å². The number of pyridine rings is 1. The van der Waals surface area contributed by atoms with Gasteiger partial charge in [-0.1, -0.05) is 0 Å². The monoisotopic (exact) mass is 466 g/mol. The zero-order valence-corrected chi connectivity index (χ0v) is 20.0. The minimum absolute atomic E-state index is 0.205. The molecule has 0 bridgehead atoms. The summed E-state index contributed by atoms with van der Waals surface area (Å²) in [6.07, 6.45) is 7.51. The molecule has 174 valence electrons. The molecule has 9 heteroatoms. The van der Waals surface area contributed by atoms with Crippen molar-refractivity contribution in [3.63, 3.8) is 0 Å². The highest BCUT2D eigenvalue weighted by Gasteiger charge is 2.46. The molecule has 2 unspecified atom stereocenters. The Morgan fingerprint density at radius 1 is 1.30 bits per heavy atom. The van der Waals surface area contributed by atoms with Gasteiger partial charge in [0.25, 0.3) is 0 Å². The van der Waals surface area contributed by atoms with E-state index in [9.17, 15) is 4.21 Å². The third-order valence-corrected chi connectivity index (χ3v) is 10.6. The first-order valence-electron chi connectivity index (χ1n) is 11.9. The summed E-state index contributed by atoms with van der Waals surface area (Å²) in [6, 6.07) is 6.50. The SMILES string of the molecule is C[C@@H]1COCCN1c1cc(C2(C)CCCS2(=O)=NC2CC2)nc(-c2ccnc3[nH]ccc23)n1. The van der Waals surface area contributed by atoms with Gasteiger partial charge in [0.1, 0.15) is 11.5 Å². The molecular formula is C24H30N6O2S. The molecule has 5 heterocycles. The number of hydrogen-bond acceptors (Lipinski definition) is 7. The molecule has 2 saturated heterocycles. The highest BCUT2D eigenvalue weighted by molar-refractivity contribution is 7.94. The predicted molar refractivity (Wildman–Crippen MR) is 130 cm³/mol. The van der Waals surface area contributed by atoms with Gasteiger partial charge in [0.05, 0.1) is 45.5 Å². The second kappa shape index (κ2) is 7.77. The van der Waals surface area contributed by atoms with Crippen LogP contribution in [0.1, 0.15) is 45.2 Å². The maximum absolute atomic E-state index is 14.2. The number of fused-ring (bicyclic) bond motifs is 1. The van der Waals surface area contributed by atoms with Crippen molar-refractivity contribution < 1.29 is 8.95 Å². The molecule has 6 rings (SSSR count). The number of rotatable bonds is 4. The number of H-pyrrole nitrogens is 1. The van der Waals surface area contributed by atoms with Crippen molar-refractivity contribution in [3.8, 4) is 11.4 Å². The summed E-state index contributed by atoms with van der Waals surface area (Å²) >= 11 is 0. The van der Waals surface area contributed by atoms with Crippen molar-refractivity contribution in [2.45, 2.75) is 56.4 Å². The van der Waals surface area contributed by atoms with Gasteiger partial charge in [0, 0.05) is 41.7 Å². The molecule has 2 aliphatic heterocycles. The topological polar surface area (TPSA) is 96.4 Å². The van der Waals surface area contributed by atoms with Crippen LogP contribution in [-0.4, -0.2) is 61.7 Å². The van der Waals surface area contributed by atoms with Gasteiger partial charge in [-0.25, -0.2) is 23.5 Å².